The second-order valence-corrected chi connectivity index (χ2v) is 8.26. The maximum atomic E-state index is 13.1. The Hall–Kier alpha value is -4.07. The monoisotopic (exact) mass is 489 g/mol. The zero-order valence-electron chi connectivity index (χ0n) is 20.7. The van der Waals surface area contributed by atoms with Crippen molar-refractivity contribution in [1.29, 1.82) is 0 Å². The van der Waals surface area contributed by atoms with Gasteiger partial charge in [0.15, 0.2) is 11.5 Å². The van der Waals surface area contributed by atoms with E-state index >= 15 is 0 Å². The molecule has 3 aromatic rings. The van der Waals surface area contributed by atoms with E-state index in [0.717, 1.165) is 11.1 Å². The van der Waals surface area contributed by atoms with E-state index in [9.17, 15) is 9.59 Å². The summed E-state index contributed by atoms with van der Waals surface area (Å²) < 4.78 is 17.2. The van der Waals surface area contributed by atoms with Crippen molar-refractivity contribution in [2.45, 2.75) is 39.7 Å². The highest BCUT2D eigenvalue weighted by Crippen LogP contribution is 2.37. The van der Waals surface area contributed by atoms with Crippen LogP contribution in [0.4, 0.5) is 5.69 Å². The van der Waals surface area contributed by atoms with Gasteiger partial charge in [-0.2, -0.15) is 0 Å². The van der Waals surface area contributed by atoms with Gasteiger partial charge in [-0.15, -0.1) is 0 Å². The van der Waals surface area contributed by atoms with Crippen molar-refractivity contribution in [3.63, 3.8) is 0 Å². The van der Waals surface area contributed by atoms with Crippen LogP contribution in [0.3, 0.4) is 0 Å². The predicted molar refractivity (Wildman–Crippen MR) is 137 cm³/mol. The summed E-state index contributed by atoms with van der Waals surface area (Å²) >= 11 is 0. The molecule has 0 atom stereocenters. The van der Waals surface area contributed by atoms with Crippen LogP contribution in [-0.4, -0.2) is 36.6 Å². The van der Waals surface area contributed by atoms with Gasteiger partial charge >= 0.3 is 0 Å². The molecule has 188 valence electrons. The summed E-state index contributed by atoms with van der Waals surface area (Å²) in [6, 6.07) is 16.9. The van der Waals surface area contributed by atoms with Crippen LogP contribution in [0.1, 0.15) is 37.8 Å². The number of aromatic nitrogens is 1. The van der Waals surface area contributed by atoms with Gasteiger partial charge in [-0.3, -0.25) is 9.59 Å². The molecule has 2 heterocycles. The number of fused-ring (bicyclic) bond motifs is 2. The number of ether oxygens (including phenoxy) is 3. The molecule has 2 aromatic carbocycles. The molecule has 0 spiro atoms. The highest BCUT2D eigenvalue weighted by atomic mass is 16.5. The average Bonchev–Trinajstić information content (AvgIpc) is 3.06. The maximum absolute atomic E-state index is 13.1. The molecule has 1 aromatic heterocycles. The SMILES string of the molecule is CCOc1ccc(CCNC(=O)CCC(=O)N2Cc3ccccc3Oc3ncccc32)cc1OCC. The number of rotatable bonds is 10. The second kappa shape index (κ2) is 12.1. The van der Waals surface area contributed by atoms with E-state index < -0.39 is 0 Å². The molecule has 0 bridgehead atoms. The summed E-state index contributed by atoms with van der Waals surface area (Å²) in [7, 11) is 0. The van der Waals surface area contributed by atoms with Gasteiger partial charge in [-0.05, 0) is 56.2 Å². The third-order valence-electron chi connectivity index (χ3n) is 5.76. The van der Waals surface area contributed by atoms with Crippen LogP contribution in [0.25, 0.3) is 0 Å². The van der Waals surface area contributed by atoms with Gasteiger partial charge in [-0.25, -0.2) is 4.98 Å². The molecule has 8 nitrogen and oxygen atoms in total. The third kappa shape index (κ3) is 6.13. The molecule has 0 fully saturated rings. The maximum Gasteiger partial charge on any atom is 0.243 e. The van der Waals surface area contributed by atoms with Gasteiger partial charge in [0, 0.05) is 31.1 Å². The molecule has 0 aliphatic carbocycles. The van der Waals surface area contributed by atoms with Gasteiger partial charge in [0.25, 0.3) is 0 Å². The largest absolute Gasteiger partial charge is 0.490 e. The van der Waals surface area contributed by atoms with E-state index in [-0.39, 0.29) is 24.7 Å². The molecule has 1 N–H and O–H groups in total. The fourth-order valence-electron chi connectivity index (χ4n) is 4.02. The number of amides is 2. The summed E-state index contributed by atoms with van der Waals surface area (Å²) in [5.74, 6) is 2.13. The zero-order valence-corrected chi connectivity index (χ0v) is 20.7. The molecule has 36 heavy (non-hydrogen) atoms. The number of carbonyl (C=O) groups excluding carboxylic acids is 2. The lowest BCUT2D eigenvalue weighted by molar-refractivity contribution is -0.125. The third-order valence-corrected chi connectivity index (χ3v) is 5.76. The van der Waals surface area contributed by atoms with Gasteiger partial charge in [0.05, 0.1) is 19.8 Å². The van der Waals surface area contributed by atoms with Crippen LogP contribution in [0.2, 0.25) is 0 Å². The molecule has 8 heteroatoms. The molecule has 1 aliphatic rings. The number of hydrogen-bond donors (Lipinski definition) is 1. The topological polar surface area (TPSA) is 90.0 Å². The Morgan fingerprint density at radius 3 is 2.64 bits per heavy atom. The van der Waals surface area contributed by atoms with Crippen molar-refractivity contribution in [2.24, 2.45) is 0 Å². The van der Waals surface area contributed by atoms with E-state index in [1.165, 1.54) is 0 Å². The first-order valence-corrected chi connectivity index (χ1v) is 12.3. The lowest BCUT2D eigenvalue weighted by atomic mass is 10.1. The van der Waals surface area contributed by atoms with Crippen LogP contribution in [0.15, 0.2) is 60.8 Å². The average molecular weight is 490 g/mol. The van der Waals surface area contributed by atoms with E-state index in [2.05, 4.69) is 10.3 Å². The fraction of sp³-hybridized carbons (Fsp3) is 0.321. The number of anilines is 1. The highest BCUT2D eigenvalue weighted by Gasteiger charge is 2.26. The summed E-state index contributed by atoms with van der Waals surface area (Å²) in [5, 5.41) is 2.91. The lowest BCUT2D eigenvalue weighted by Gasteiger charge is -2.21. The number of nitrogens with one attached hydrogen (secondary N) is 1. The van der Waals surface area contributed by atoms with Crippen molar-refractivity contribution in [2.75, 3.05) is 24.7 Å². The smallest absolute Gasteiger partial charge is 0.243 e. The van der Waals surface area contributed by atoms with Crippen LogP contribution in [0, 0.1) is 0 Å². The van der Waals surface area contributed by atoms with Gasteiger partial charge in [0.1, 0.15) is 11.4 Å². The van der Waals surface area contributed by atoms with E-state index in [4.69, 9.17) is 14.2 Å². The van der Waals surface area contributed by atoms with Crippen molar-refractivity contribution in [3.05, 3.63) is 71.9 Å². The molecular weight excluding hydrogens is 458 g/mol. The Morgan fingerprint density at radius 1 is 1.00 bits per heavy atom. The lowest BCUT2D eigenvalue weighted by Crippen LogP contribution is -2.32. The van der Waals surface area contributed by atoms with Crippen molar-refractivity contribution >= 4 is 17.5 Å². The van der Waals surface area contributed by atoms with E-state index in [1.807, 2.05) is 56.3 Å². The van der Waals surface area contributed by atoms with Crippen LogP contribution in [-0.2, 0) is 22.6 Å². The normalized spacial score (nSPS) is 12.0. The van der Waals surface area contributed by atoms with E-state index in [1.54, 1.807) is 23.2 Å². The first-order valence-electron chi connectivity index (χ1n) is 12.3. The molecule has 0 saturated heterocycles. The Morgan fingerprint density at radius 2 is 1.81 bits per heavy atom. The molecule has 1 aliphatic heterocycles. The van der Waals surface area contributed by atoms with Crippen molar-refractivity contribution < 1.29 is 23.8 Å². The van der Waals surface area contributed by atoms with Crippen LogP contribution in [0.5, 0.6) is 23.1 Å². The predicted octanol–water partition coefficient (Wildman–Crippen LogP) is 4.66. The zero-order chi connectivity index (χ0) is 25.3. The molecule has 0 radical (unpaired) electrons. The quantitative estimate of drug-likeness (QED) is 0.446. The van der Waals surface area contributed by atoms with Crippen LogP contribution >= 0.6 is 0 Å². The standard InChI is InChI=1S/C28H31N3O5/c1-3-34-24-12-11-20(18-25(24)35-4-2)15-17-29-26(32)13-14-27(33)31-19-21-8-5-6-10-23(21)36-28-22(31)9-7-16-30-28/h5-12,16,18H,3-4,13-15,17,19H2,1-2H3,(H,29,32). The Kier molecular flexibility index (Phi) is 8.39. The minimum Gasteiger partial charge on any atom is -0.490 e. The second-order valence-electron chi connectivity index (χ2n) is 8.26. The van der Waals surface area contributed by atoms with Crippen LogP contribution < -0.4 is 24.4 Å². The molecule has 4 rings (SSSR count). The Bertz CT molecular complexity index is 1210. The number of benzene rings is 2. The van der Waals surface area contributed by atoms with Gasteiger partial charge in [0.2, 0.25) is 17.7 Å². The highest BCUT2D eigenvalue weighted by molar-refractivity contribution is 5.96. The first-order chi connectivity index (χ1) is 17.6. The Labute approximate surface area is 211 Å². The Balaban J connectivity index is 1.32. The number of carbonyl (C=O) groups is 2. The number of pyridine rings is 1. The summed E-state index contributed by atoms with van der Waals surface area (Å²) in [6.07, 6.45) is 2.46. The minimum atomic E-state index is -0.169. The fourth-order valence-corrected chi connectivity index (χ4v) is 4.02. The molecule has 0 unspecified atom stereocenters. The summed E-state index contributed by atoms with van der Waals surface area (Å²) in [6.45, 7) is 5.78. The van der Waals surface area contributed by atoms with E-state index in [0.29, 0.717) is 61.5 Å². The van der Waals surface area contributed by atoms with Gasteiger partial charge < -0.3 is 24.4 Å². The number of nitrogens with zero attached hydrogens (tertiary/aromatic N) is 2. The molecule has 0 saturated carbocycles. The molecule has 2 amide bonds. The summed E-state index contributed by atoms with van der Waals surface area (Å²) in [4.78, 5) is 31.6. The number of hydrogen-bond acceptors (Lipinski definition) is 6. The van der Waals surface area contributed by atoms with Crippen molar-refractivity contribution in [3.8, 4) is 23.1 Å². The minimum absolute atomic E-state index is 0.0832. The molecular formula is C28H31N3O5. The van der Waals surface area contributed by atoms with Crippen molar-refractivity contribution in [1.82, 2.24) is 10.3 Å². The summed E-state index contributed by atoms with van der Waals surface area (Å²) in [5.41, 5.74) is 2.51. The number of para-hydroxylation sites is 1. The first kappa shape index (κ1) is 25.0. The van der Waals surface area contributed by atoms with Gasteiger partial charge in [-0.1, -0.05) is 24.3 Å².